The number of hydrazine groups is 1. The quantitative estimate of drug-likeness (QED) is 0.332. The maximum atomic E-state index is 11.9. The van der Waals surface area contributed by atoms with Crippen LogP contribution in [0.15, 0.2) is 83.5 Å². The number of carbonyl (C=O) groups excluding carboxylic acids is 3. The summed E-state index contributed by atoms with van der Waals surface area (Å²) in [5.41, 5.74) is 4.90. The van der Waals surface area contributed by atoms with Gasteiger partial charge in [0.1, 0.15) is 17.3 Å². The van der Waals surface area contributed by atoms with Gasteiger partial charge in [-0.25, -0.2) is 0 Å². The van der Waals surface area contributed by atoms with E-state index in [0.717, 1.165) is 5.56 Å². The summed E-state index contributed by atoms with van der Waals surface area (Å²) in [7, 11) is 0. The van der Waals surface area contributed by atoms with Crippen LogP contribution in [-0.2, 0) is 20.9 Å². The van der Waals surface area contributed by atoms with Gasteiger partial charge in [-0.1, -0.05) is 30.3 Å². The van der Waals surface area contributed by atoms with Gasteiger partial charge < -0.3 is 14.5 Å². The summed E-state index contributed by atoms with van der Waals surface area (Å²) in [6, 6.07) is 19.8. The molecule has 1 aromatic heterocycles. The first-order valence-corrected chi connectivity index (χ1v) is 9.02. The number of amides is 3. The third kappa shape index (κ3) is 6.38. The highest BCUT2D eigenvalue weighted by Gasteiger charge is 2.13. The van der Waals surface area contributed by atoms with Crippen molar-refractivity contribution < 1.29 is 23.5 Å². The molecule has 2 aromatic carbocycles. The Morgan fingerprint density at radius 3 is 2.43 bits per heavy atom. The number of nitrogens with one attached hydrogen (secondary N) is 3. The van der Waals surface area contributed by atoms with Gasteiger partial charge in [0.25, 0.3) is 5.91 Å². The van der Waals surface area contributed by atoms with Crippen molar-refractivity contribution in [2.45, 2.75) is 6.54 Å². The molecule has 30 heavy (non-hydrogen) atoms. The Morgan fingerprint density at radius 2 is 1.67 bits per heavy atom. The SMILES string of the molecule is O=C(/C=C/c1cccc(Oc2ccccc2)c1)NNC(=O)C(=O)NCc1ccco1. The molecule has 0 radical (unpaired) electrons. The Balaban J connectivity index is 1.45. The highest BCUT2D eigenvalue weighted by Crippen LogP contribution is 2.22. The second-order valence-corrected chi connectivity index (χ2v) is 6.03. The largest absolute Gasteiger partial charge is 0.467 e. The smallest absolute Gasteiger partial charge is 0.327 e. The summed E-state index contributed by atoms with van der Waals surface area (Å²) in [5, 5.41) is 2.36. The molecule has 0 saturated carbocycles. The number of rotatable bonds is 6. The van der Waals surface area contributed by atoms with Crippen LogP contribution in [0.2, 0.25) is 0 Å². The van der Waals surface area contributed by atoms with E-state index in [1.54, 1.807) is 42.5 Å². The van der Waals surface area contributed by atoms with Gasteiger partial charge >= 0.3 is 11.8 Å². The molecule has 3 aromatic rings. The predicted molar refractivity (Wildman–Crippen MR) is 109 cm³/mol. The van der Waals surface area contributed by atoms with Crippen molar-refractivity contribution in [3.05, 3.63) is 90.4 Å². The number of hydrogen-bond acceptors (Lipinski definition) is 5. The van der Waals surface area contributed by atoms with E-state index in [-0.39, 0.29) is 6.54 Å². The van der Waals surface area contributed by atoms with E-state index in [2.05, 4.69) is 10.7 Å². The van der Waals surface area contributed by atoms with E-state index in [9.17, 15) is 14.4 Å². The molecule has 0 aliphatic carbocycles. The molecule has 0 aliphatic rings. The molecule has 1 heterocycles. The number of para-hydroxylation sites is 1. The molecule has 8 nitrogen and oxygen atoms in total. The third-order valence-electron chi connectivity index (χ3n) is 3.77. The minimum atomic E-state index is -0.999. The second-order valence-electron chi connectivity index (χ2n) is 6.03. The normalized spacial score (nSPS) is 10.4. The van der Waals surface area contributed by atoms with Gasteiger partial charge in [-0.2, -0.15) is 0 Å². The molecule has 152 valence electrons. The van der Waals surface area contributed by atoms with Crippen LogP contribution in [0.25, 0.3) is 6.08 Å². The van der Waals surface area contributed by atoms with Crippen LogP contribution in [0.4, 0.5) is 0 Å². The van der Waals surface area contributed by atoms with Crippen molar-refractivity contribution in [1.29, 1.82) is 0 Å². The minimum absolute atomic E-state index is 0.0640. The number of hydrogen-bond donors (Lipinski definition) is 3. The van der Waals surface area contributed by atoms with Crippen LogP contribution in [0.5, 0.6) is 11.5 Å². The molecule has 0 fully saturated rings. The summed E-state index contributed by atoms with van der Waals surface area (Å²) < 4.78 is 10.8. The molecule has 0 saturated heterocycles. The molecule has 0 atom stereocenters. The second kappa shape index (κ2) is 10.3. The first-order chi connectivity index (χ1) is 14.6. The highest BCUT2D eigenvalue weighted by molar-refractivity contribution is 6.35. The van der Waals surface area contributed by atoms with Crippen LogP contribution in [0.1, 0.15) is 11.3 Å². The zero-order valence-electron chi connectivity index (χ0n) is 15.8. The van der Waals surface area contributed by atoms with Crippen LogP contribution >= 0.6 is 0 Å². The highest BCUT2D eigenvalue weighted by atomic mass is 16.5. The van der Waals surface area contributed by atoms with Crippen LogP contribution in [0.3, 0.4) is 0 Å². The Hall–Kier alpha value is -4.33. The monoisotopic (exact) mass is 405 g/mol. The standard InChI is InChI=1S/C22H19N3O5/c26-20(24-25-22(28)21(27)23-15-19-10-5-13-29-19)12-11-16-6-4-9-18(14-16)30-17-7-2-1-3-8-17/h1-14H,15H2,(H,23,27)(H,24,26)(H,25,28)/b12-11+. The zero-order valence-corrected chi connectivity index (χ0v) is 15.8. The minimum Gasteiger partial charge on any atom is -0.467 e. The molecule has 0 bridgehead atoms. The van der Waals surface area contributed by atoms with Gasteiger partial charge in [-0.3, -0.25) is 25.2 Å². The van der Waals surface area contributed by atoms with E-state index in [1.807, 2.05) is 35.8 Å². The van der Waals surface area contributed by atoms with Crippen molar-refractivity contribution in [3.63, 3.8) is 0 Å². The van der Waals surface area contributed by atoms with Gasteiger partial charge in [-0.15, -0.1) is 0 Å². The van der Waals surface area contributed by atoms with Gasteiger partial charge in [0, 0.05) is 6.08 Å². The predicted octanol–water partition coefficient (Wildman–Crippen LogP) is 2.55. The first kappa shape index (κ1) is 20.4. The summed E-state index contributed by atoms with van der Waals surface area (Å²) in [4.78, 5) is 35.2. The molecule has 3 N–H and O–H groups in total. The number of ether oxygens (including phenoxy) is 1. The molecule has 0 aliphatic heterocycles. The van der Waals surface area contributed by atoms with Gasteiger partial charge in [0.05, 0.1) is 12.8 Å². The summed E-state index contributed by atoms with van der Waals surface area (Å²) in [5.74, 6) is -0.684. The van der Waals surface area contributed by atoms with E-state index in [4.69, 9.17) is 9.15 Å². The number of carbonyl (C=O) groups is 3. The lowest BCUT2D eigenvalue weighted by Crippen LogP contribution is -2.47. The fraction of sp³-hybridized carbons (Fsp3) is 0.0455. The lowest BCUT2D eigenvalue weighted by molar-refractivity contribution is -0.140. The van der Waals surface area contributed by atoms with E-state index < -0.39 is 17.7 Å². The molecule has 3 rings (SSSR count). The average molecular weight is 405 g/mol. The number of furan rings is 1. The Kier molecular flexibility index (Phi) is 6.99. The van der Waals surface area contributed by atoms with Crippen molar-refractivity contribution in [3.8, 4) is 11.5 Å². The van der Waals surface area contributed by atoms with Crippen molar-refractivity contribution in [2.24, 2.45) is 0 Å². The van der Waals surface area contributed by atoms with E-state index in [0.29, 0.717) is 17.3 Å². The molecular weight excluding hydrogens is 386 g/mol. The van der Waals surface area contributed by atoms with Crippen molar-refractivity contribution in [2.75, 3.05) is 0 Å². The molecular formula is C22H19N3O5. The van der Waals surface area contributed by atoms with E-state index >= 15 is 0 Å². The Morgan fingerprint density at radius 1 is 0.867 bits per heavy atom. The molecule has 8 heteroatoms. The molecule has 0 unspecified atom stereocenters. The summed E-state index contributed by atoms with van der Waals surface area (Å²) in [6.45, 7) is 0.0640. The number of benzene rings is 2. The van der Waals surface area contributed by atoms with Gasteiger partial charge in [0.15, 0.2) is 0 Å². The van der Waals surface area contributed by atoms with Crippen LogP contribution < -0.4 is 20.9 Å². The summed E-state index contributed by atoms with van der Waals surface area (Å²) in [6.07, 6.45) is 4.23. The molecule has 0 spiro atoms. The van der Waals surface area contributed by atoms with Crippen LogP contribution in [0, 0.1) is 0 Å². The first-order valence-electron chi connectivity index (χ1n) is 9.02. The molecule has 3 amide bonds. The fourth-order valence-corrected chi connectivity index (χ4v) is 2.36. The summed E-state index contributed by atoms with van der Waals surface area (Å²) >= 11 is 0. The van der Waals surface area contributed by atoms with Crippen LogP contribution in [-0.4, -0.2) is 17.7 Å². The lowest BCUT2D eigenvalue weighted by atomic mass is 10.2. The average Bonchev–Trinajstić information content (AvgIpc) is 3.29. The topological polar surface area (TPSA) is 110 Å². The van der Waals surface area contributed by atoms with E-state index in [1.165, 1.54) is 12.3 Å². The Bertz CT molecular complexity index is 1030. The fourth-order valence-electron chi connectivity index (χ4n) is 2.36. The van der Waals surface area contributed by atoms with Crippen molar-refractivity contribution in [1.82, 2.24) is 16.2 Å². The third-order valence-corrected chi connectivity index (χ3v) is 3.77. The van der Waals surface area contributed by atoms with Gasteiger partial charge in [-0.05, 0) is 48.0 Å². The Labute approximate surface area is 172 Å². The maximum absolute atomic E-state index is 11.9. The zero-order chi connectivity index (χ0) is 21.2. The van der Waals surface area contributed by atoms with Gasteiger partial charge in [0.2, 0.25) is 0 Å². The lowest BCUT2D eigenvalue weighted by Gasteiger charge is -2.06. The van der Waals surface area contributed by atoms with Crippen molar-refractivity contribution >= 4 is 23.8 Å². The maximum Gasteiger partial charge on any atom is 0.327 e.